The van der Waals surface area contributed by atoms with E-state index in [-0.39, 0.29) is 5.91 Å². The number of hydrogen-bond donors (Lipinski definition) is 0. The summed E-state index contributed by atoms with van der Waals surface area (Å²) < 4.78 is 1.07. The Kier molecular flexibility index (Phi) is 6.37. The molecule has 3 rings (SSSR count). The summed E-state index contributed by atoms with van der Waals surface area (Å²) in [4.78, 5) is 21.8. The summed E-state index contributed by atoms with van der Waals surface area (Å²) in [7, 11) is 4.03. The van der Waals surface area contributed by atoms with Crippen LogP contribution in [0.3, 0.4) is 0 Å². The monoisotopic (exact) mass is 421 g/mol. The SMILES string of the molecule is Cc1cccc2sc(N(CCCN(C)C)C(=O)c3ccc(Cl)cc3Cl)nc12. The van der Waals surface area contributed by atoms with E-state index in [1.165, 1.54) is 11.3 Å². The lowest BCUT2D eigenvalue weighted by Crippen LogP contribution is -2.33. The molecule has 0 spiro atoms. The number of rotatable bonds is 6. The molecule has 3 aromatic rings. The van der Waals surface area contributed by atoms with Gasteiger partial charge in [0.25, 0.3) is 5.91 Å². The van der Waals surface area contributed by atoms with Gasteiger partial charge >= 0.3 is 0 Å². The van der Waals surface area contributed by atoms with E-state index in [1.807, 2.05) is 39.2 Å². The minimum atomic E-state index is -0.160. The lowest BCUT2D eigenvalue weighted by atomic mass is 10.2. The number of aromatic nitrogens is 1. The number of carbonyl (C=O) groups excluding carboxylic acids is 1. The zero-order valence-electron chi connectivity index (χ0n) is 15.5. The molecule has 0 N–H and O–H groups in total. The Hall–Kier alpha value is -1.66. The molecule has 1 aromatic heterocycles. The van der Waals surface area contributed by atoms with Crippen LogP contribution in [0.15, 0.2) is 36.4 Å². The molecular weight excluding hydrogens is 401 g/mol. The number of hydrogen-bond acceptors (Lipinski definition) is 4. The predicted octanol–water partition coefficient (Wildman–Crippen LogP) is 5.51. The summed E-state index contributed by atoms with van der Waals surface area (Å²) in [6, 6.07) is 11.0. The van der Waals surface area contributed by atoms with E-state index in [0.29, 0.717) is 27.3 Å². The van der Waals surface area contributed by atoms with Gasteiger partial charge in [0.15, 0.2) is 5.13 Å². The summed E-state index contributed by atoms with van der Waals surface area (Å²) in [6.45, 7) is 3.47. The first-order chi connectivity index (χ1) is 12.9. The molecule has 0 fully saturated rings. The summed E-state index contributed by atoms with van der Waals surface area (Å²) in [5.41, 5.74) is 2.47. The molecular formula is C20H21Cl2N3OS. The Morgan fingerprint density at radius 1 is 1.15 bits per heavy atom. The van der Waals surface area contributed by atoms with Gasteiger partial charge in [0, 0.05) is 11.6 Å². The summed E-state index contributed by atoms with van der Waals surface area (Å²) >= 11 is 13.8. The third-order valence-electron chi connectivity index (χ3n) is 4.23. The van der Waals surface area contributed by atoms with Crippen molar-refractivity contribution in [1.29, 1.82) is 0 Å². The maximum atomic E-state index is 13.3. The van der Waals surface area contributed by atoms with Crippen LogP contribution in [0.1, 0.15) is 22.3 Å². The fourth-order valence-electron chi connectivity index (χ4n) is 2.83. The molecule has 7 heteroatoms. The van der Waals surface area contributed by atoms with Crippen LogP contribution in [-0.2, 0) is 0 Å². The smallest absolute Gasteiger partial charge is 0.261 e. The number of para-hydroxylation sites is 1. The van der Waals surface area contributed by atoms with Crippen molar-refractivity contribution in [2.24, 2.45) is 0 Å². The Bertz CT molecular complexity index is 971. The Morgan fingerprint density at radius 2 is 1.93 bits per heavy atom. The molecule has 27 heavy (non-hydrogen) atoms. The average Bonchev–Trinajstić information content (AvgIpc) is 3.03. The molecule has 0 saturated carbocycles. The van der Waals surface area contributed by atoms with Crippen LogP contribution < -0.4 is 4.90 Å². The van der Waals surface area contributed by atoms with Crippen molar-refractivity contribution in [2.45, 2.75) is 13.3 Å². The van der Waals surface area contributed by atoms with Crippen LogP contribution >= 0.6 is 34.5 Å². The number of thiazole rings is 1. The largest absolute Gasteiger partial charge is 0.309 e. The highest BCUT2D eigenvalue weighted by atomic mass is 35.5. The first-order valence-corrected chi connectivity index (χ1v) is 10.2. The van der Waals surface area contributed by atoms with E-state index in [2.05, 4.69) is 4.90 Å². The second kappa shape index (κ2) is 8.57. The topological polar surface area (TPSA) is 36.4 Å². The maximum Gasteiger partial charge on any atom is 0.261 e. The molecule has 0 aliphatic heterocycles. The van der Waals surface area contributed by atoms with Crippen molar-refractivity contribution < 1.29 is 4.79 Å². The summed E-state index contributed by atoms with van der Waals surface area (Å²) in [5, 5.41) is 1.54. The number of nitrogens with zero attached hydrogens (tertiary/aromatic N) is 3. The van der Waals surface area contributed by atoms with Crippen LogP contribution in [0.2, 0.25) is 10.0 Å². The molecule has 0 unspecified atom stereocenters. The van der Waals surface area contributed by atoms with E-state index in [9.17, 15) is 4.79 Å². The minimum absolute atomic E-state index is 0.160. The molecule has 0 bridgehead atoms. The summed E-state index contributed by atoms with van der Waals surface area (Å²) in [5.74, 6) is -0.160. The van der Waals surface area contributed by atoms with Gasteiger partial charge in [0.1, 0.15) is 0 Å². The van der Waals surface area contributed by atoms with Crippen LogP contribution in [-0.4, -0.2) is 43.0 Å². The predicted molar refractivity (Wildman–Crippen MR) is 116 cm³/mol. The number of aryl methyl sites for hydroxylation is 1. The van der Waals surface area contributed by atoms with Crippen LogP contribution in [0.5, 0.6) is 0 Å². The number of amides is 1. The quantitative estimate of drug-likeness (QED) is 0.526. The fraction of sp³-hybridized carbons (Fsp3) is 0.300. The van der Waals surface area contributed by atoms with Gasteiger partial charge in [-0.3, -0.25) is 9.69 Å². The van der Waals surface area contributed by atoms with Gasteiger partial charge in [-0.05, 0) is 63.8 Å². The van der Waals surface area contributed by atoms with Crippen LogP contribution in [0.25, 0.3) is 10.2 Å². The number of fused-ring (bicyclic) bond motifs is 1. The standard InChI is InChI=1S/C20H21Cl2N3OS/c1-13-6-4-7-17-18(13)23-20(27-17)25(11-5-10-24(2)3)19(26)15-9-8-14(21)12-16(15)22/h4,6-9,12H,5,10-11H2,1-3H3. The molecule has 142 valence electrons. The summed E-state index contributed by atoms with van der Waals surface area (Å²) in [6.07, 6.45) is 0.832. The normalized spacial score (nSPS) is 11.3. The zero-order valence-corrected chi connectivity index (χ0v) is 17.8. The van der Waals surface area contributed by atoms with Gasteiger partial charge < -0.3 is 4.90 Å². The Balaban J connectivity index is 1.98. The van der Waals surface area contributed by atoms with E-state index in [4.69, 9.17) is 28.2 Å². The second-order valence-electron chi connectivity index (χ2n) is 6.66. The van der Waals surface area contributed by atoms with E-state index in [0.717, 1.165) is 28.7 Å². The third-order valence-corrected chi connectivity index (χ3v) is 5.83. The Labute approximate surface area is 173 Å². The second-order valence-corrected chi connectivity index (χ2v) is 8.51. The molecule has 2 aromatic carbocycles. The molecule has 1 amide bonds. The number of benzene rings is 2. The van der Waals surface area contributed by atoms with Gasteiger partial charge in [-0.25, -0.2) is 4.98 Å². The third kappa shape index (κ3) is 4.61. The van der Waals surface area contributed by atoms with Gasteiger partial charge in [-0.1, -0.05) is 46.7 Å². The van der Waals surface area contributed by atoms with Crippen molar-refractivity contribution in [3.63, 3.8) is 0 Å². The van der Waals surface area contributed by atoms with Crippen molar-refractivity contribution in [1.82, 2.24) is 9.88 Å². The molecule has 4 nitrogen and oxygen atoms in total. The van der Waals surface area contributed by atoms with Crippen molar-refractivity contribution in [3.05, 3.63) is 57.6 Å². The van der Waals surface area contributed by atoms with Gasteiger partial charge in [-0.15, -0.1) is 0 Å². The van der Waals surface area contributed by atoms with E-state index in [1.54, 1.807) is 23.1 Å². The highest BCUT2D eigenvalue weighted by Gasteiger charge is 2.23. The lowest BCUT2D eigenvalue weighted by Gasteiger charge is -2.21. The van der Waals surface area contributed by atoms with E-state index >= 15 is 0 Å². The molecule has 0 saturated heterocycles. The van der Waals surface area contributed by atoms with Gasteiger partial charge in [-0.2, -0.15) is 0 Å². The maximum absolute atomic E-state index is 13.3. The van der Waals surface area contributed by atoms with Gasteiger partial charge in [0.05, 0.1) is 20.8 Å². The van der Waals surface area contributed by atoms with Crippen LogP contribution in [0, 0.1) is 6.92 Å². The molecule has 1 heterocycles. The van der Waals surface area contributed by atoms with Crippen molar-refractivity contribution >= 4 is 55.8 Å². The van der Waals surface area contributed by atoms with E-state index < -0.39 is 0 Å². The number of halogens is 2. The van der Waals surface area contributed by atoms with Crippen LogP contribution in [0.4, 0.5) is 5.13 Å². The molecule has 0 radical (unpaired) electrons. The molecule has 0 aliphatic carbocycles. The average molecular weight is 422 g/mol. The molecule has 0 aliphatic rings. The number of carbonyl (C=O) groups is 1. The highest BCUT2D eigenvalue weighted by molar-refractivity contribution is 7.22. The number of anilines is 1. The van der Waals surface area contributed by atoms with Crippen molar-refractivity contribution in [2.75, 3.05) is 32.1 Å². The minimum Gasteiger partial charge on any atom is -0.309 e. The Morgan fingerprint density at radius 3 is 2.59 bits per heavy atom. The highest BCUT2D eigenvalue weighted by Crippen LogP contribution is 2.32. The zero-order chi connectivity index (χ0) is 19.6. The fourth-order valence-corrected chi connectivity index (χ4v) is 4.38. The van der Waals surface area contributed by atoms with Crippen molar-refractivity contribution in [3.8, 4) is 0 Å². The van der Waals surface area contributed by atoms with Gasteiger partial charge in [0.2, 0.25) is 0 Å². The first-order valence-electron chi connectivity index (χ1n) is 8.64. The lowest BCUT2D eigenvalue weighted by molar-refractivity contribution is 0.0986. The molecule has 0 atom stereocenters. The first kappa shape index (κ1) is 20.1.